The maximum Gasteiger partial charge on any atom is 0.338 e. The highest BCUT2D eigenvalue weighted by Crippen LogP contribution is 2.52. The van der Waals surface area contributed by atoms with Gasteiger partial charge in [-0.25, -0.2) is 9.59 Å². The summed E-state index contributed by atoms with van der Waals surface area (Å²) < 4.78 is 16.0. The molecule has 0 radical (unpaired) electrons. The summed E-state index contributed by atoms with van der Waals surface area (Å²) in [5.74, 6) is -0.769. The minimum absolute atomic E-state index is 0.286. The second-order valence-electron chi connectivity index (χ2n) is 7.42. The topological polar surface area (TPSA) is 82.1 Å². The van der Waals surface area contributed by atoms with Crippen LogP contribution in [0.15, 0.2) is 34.6 Å². The number of ether oxygens (including phenoxy) is 3. The van der Waals surface area contributed by atoms with Crippen LogP contribution in [0.5, 0.6) is 0 Å². The molecule has 1 saturated heterocycles. The summed E-state index contributed by atoms with van der Waals surface area (Å²) in [4.78, 5) is 23.7. The summed E-state index contributed by atoms with van der Waals surface area (Å²) >= 11 is 0. The van der Waals surface area contributed by atoms with Gasteiger partial charge in [0.15, 0.2) is 0 Å². The fraction of sp³-hybridized carbons (Fsp3) is 0.579. The van der Waals surface area contributed by atoms with Crippen molar-refractivity contribution in [1.29, 1.82) is 0 Å². The molecule has 25 heavy (non-hydrogen) atoms. The van der Waals surface area contributed by atoms with Crippen LogP contribution < -0.4 is 0 Å². The molecule has 1 N–H and O–H groups in total. The average molecular weight is 346 g/mol. The lowest BCUT2D eigenvalue weighted by Gasteiger charge is -2.29. The van der Waals surface area contributed by atoms with Gasteiger partial charge in [-0.05, 0) is 42.7 Å². The fourth-order valence-electron chi connectivity index (χ4n) is 4.47. The van der Waals surface area contributed by atoms with Gasteiger partial charge in [0.05, 0.1) is 23.9 Å². The molecule has 0 aromatic carbocycles. The first-order valence-corrected chi connectivity index (χ1v) is 8.76. The molecule has 4 aliphatic rings. The maximum atomic E-state index is 12.3. The van der Waals surface area contributed by atoms with Crippen LogP contribution in [0.1, 0.15) is 33.6 Å². The van der Waals surface area contributed by atoms with Gasteiger partial charge in [-0.3, -0.25) is 0 Å². The summed E-state index contributed by atoms with van der Waals surface area (Å²) in [7, 11) is 0. The zero-order chi connectivity index (χ0) is 17.9. The monoisotopic (exact) mass is 346 g/mol. The van der Waals surface area contributed by atoms with Gasteiger partial charge < -0.3 is 19.3 Å². The Morgan fingerprint density at radius 1 is 1.12 bits per heavy atom. The molecular weight excluding hydrogens is 324 g/mol. The number of hydrogen-bond acceptors (Lipinski definition) is 6. The Bertz CT molecular complexity index is 730. The standard InChI is InChI=1S/C19H22O6/c1-8-4-5-9(2)14-13(8)16(20)15-11(19(22)25-17(14)15)7-23-12-6-10(3)18(21)24-12/h6-9,12,15-17,20H,4-5H2,1-3H3/t8?,9?,12-,15+,16?,17-/m1/s1. The first kappa shape index (κ1) is 16.4. The third-order valence-electron chi connectivity index (χ3n) is 5.81. The normalized spacial score (nSPS) is 41.4. The average Bonchev–Trinajstić information content (AvgIpc) is 3.15. The van der Waals surface area contributed by atoms with Crippen LogP contribution in [0.2, 0.25) is 0 Å². The van der Waals surface area contributed by atoms with Gasteiger partial charge >= 0.3 is 11.9 Å². The van der Waals surface area contributed by atoms with E-state index in [0.29, 0.717) is 17.1 Å². The third kappa shape index (κ3) is 2.42. The number of esters is 2. The molecule has 6 atom stereocenters. The Labute approximate surface area is 146 Å². The van der Waals surface area contributed by atoms with Crippen LogP contribution in [0.3, 0.4) is 0 Å². The van der Waals surface area contributed by atoms with Crippen LogP contribution in [-0.2, 0) is 23.8 Å². The summed E-state index contributed by atoms with van der Waals surface area (Å²) in [5.41, 5.74) is 2.88. The van der Waals surface area contributed by atoms with E-state index in [2.05, 4.69) is 13.8 Å². The molecule has 2 heterocycles. The molecule has 0 amide bonds. The summed E-state index contributed by atoms with van der Waals surface area (Å²) in [6, 6.07) is 0. The second-order valence-corrected chi connectivity index (χ2v) is 7.42. The molecule has 6 nitrogen and oxygen atoms in total. The van der Waals surface area contributed by atoms with Gasteiger partial charge in [0.2, 0.25) is 0 Å². The van der Waals surface area contributed by atoms with E-state index in [4.69, 9.17) is 14.2 Å². The number of aliphatic hydroxyl groups excluding tert-OH is 1. The van der Waals surface area contributed by atoms with Gasteiger partial charge in [-0.15, -0.1) is 0 Å². The van der Waals surface area contributed by atoms with E-state index < -0.39 is 36.4 Å². The van der Waals surface area contributed by atoms with Crippen molar-refractivity contribution in [2.45, 2.75) is 52.1 Å². The minimum Gasteiger partial charge on any atom is -0.458 e. The molecule has 134 valence electrons. The summed E-state index contributed by atoms with van der Waals surface area (Å²) in [6.07, 6.45) is 2.92. The Hall–Kier alpha value is -2.08. The smallest absolute Gasteiger partial charge is 0.338 e. The number of carbonyl (C=O) groups is 2. The van der Waals surface area contributed by atoms with Crippen LogP contribution in [0.4, 0.5) is 0 Å². The third-order valence-corrected chi connectivity index (χ3v) is 5.81. The van der Waals surface area contributed by atoms with Crippen molar-refractivity contribution < 1.29 is 28.9 Å². The number of rotatable bonds is 2. The van der Waals surface area contributed by atoms with E-state index in [1.165, 1.54) is 6.26 Å². The second kappa shape index (κ2) is 5.73. The molecule has 2 aliphatic carbocycles. The van der Waals surface area contributed by atoms with Crippen molar-refractivity contribution in [2.24, 2.45) is 17.8 Å². The van der Waals surface area contributed by atoms with Crippen molar-refractivity contribution >= 4 is 11.9 Å². The van der Waals surface area contributed by atoms with Gasteiger partial charge in [-0.2, -0.15) is 0 Å². The number of hydrogen-bond donors (Lipinski definition) is 1. The summed E-state index contributed by atoms with van der Waals surface area (Å²) in [5, 5.41) is 10.9. The van der Waals surface area contributed by atoms with Crippen LogP contribution in [0, 0.1) is 17.8 Å². The van der Waals surface area contributed by atoms with Crippen LogP contribution in [-0.4, -0.2) is 35.5 Å². The van der Waals surface area contributed by atoms with Crippen molar-refractivity contribution in [3.8, 4) is 0 Å². The maximum absolute atomic E-state index is 12.3. The zero-order valence-corrected chi connectivity index (χ0v) is 14.5. The van der Waals surface area contributed by atoms with Gasteiger partial charge in [0, 0.05) is 11.6 Å². The Morgan fingerprint density at radius 3 is 2.44 bits per heavy atom. The Kier molecular flexibility index (Phi) is 3.76. The molecule has 3 unspecified atom stereocenters. The molecule has 0 bridgehead atoms. The highest BCUT2D eigenvalue weighted by molar-refractivity contribution is 5.92. The lowest BCUT2D eigenvalue weighted by Crippen LogP contribution is -2.25. The largest absolute Gasteiger partial charge is 0.458 e. The lowest BCUT2D eigenvalue weighted by molar-refractivity contribution is -0.152. The molecule has 4 rings (SSSR count). The van der Waals surface area contributed by atoms with E-state index >= 15 is 0 Å². The van der Waals surface area contributed by atoms with Gasteiger partial charge in [0.25, 0.3) is 6.29 Å². The van der Waals surface area contributed by atoms with Crippen LogP contribution >= 0.6 is 0 Å². The molecule has 6 heteroatoms. The van der Waals surface area contributed by atoms with E-state index in [1.54, 1.807) is 13.0 Å². The molecular formula is C19H22O6. The zero-order valence-electron chi connectivity index (χ0n) is 14.5. The molecule has 0 aromatic rings. The highest BCUT2D eigenvalue weighted by Gasteiger charge is 2.55. The lowest BCUT2D eigenvalue weighted by atomic mass is 9.78. The minimum atomic E-state index is -0.842. The Balaban J connectivity index is 1.60. The number of fused-ring (bicyclic) bond motifs is 2. The Morgan fingerprint density at radius 2 is 1.80 bits per heavy atom. The molecule has 0 spiro atoms. The van der Waals surface area contributed by atoms with E-state index in [-0.39, 0.29) is 5.92 Å². The predicted molar refractivity (Wildman–Crippen MR) is 86.8 cm³/mol. The number of carbonyl (C=O) groups excluding carboxylic acids is 2. The van der Waals surface area contributed by atoms with E-state index in [9.17, 15) is 14.7 Å². The summed E-state index contributed by atoms with van der Waals surface area (Å²) in [6.45, 7) is 5.87. The first-order chi connectivity index (χ1) is 11.9. The molecule has 0 aromatic heterocycles. The number of aliphatic hydroxyl groups is 1. The van der Waals surface area contributed by atoms with Gasteiger partial charge in [-0.1, -0.05) is 13.8 Å². The predicted octanol–water partition coefficient (Wildman–Crippen LogP) is 1.99. The van der Waals surface area contributed by atoms with Crippen molar-refractivity contribution in [2.75, 3.05) is 0 Å². The first-order valence-electron chi connectivity index (χ1n) is 8.76. The SMILES string of the molecule is CC1=C[C@H](OC=C2C(=O)O[C@@H]3C4=C(C(C)CCC4C)C(O)[C@H]23)OC1=O. The molecule has 1 fully saturated rings. The molecule has 2 aliphatic heterocycles. The van der Waals surface area contributed by atoms with Crippen molar-refractivity contribution in [3.63, 3.8) is 0 Å². The highest BCUT2D eigenvalue weighted by atomic mass is 16.7. The van der Waals surface area contributed by atoms with E-state index in [1.807, 2.05) is 0 Å². The quantitative estimate of drug-likeness (QED) is 0.356. The van der Waals surface area contributed by atoms with Crippen LogP contribution in [0.25, 0.3) is 0 Å². The number of cyclic esters (lactones) is 1. The van der Waals surface area contributed by atoms with Crippen molar-refractivity contribution in [3.05, 3.63) is 34.6 Å². The van der Waals surface area contributed by atoms with E-state index in [0.717, 1.165) is 24.0 Å². The van der Waals surface area contributed by atoms with Crippen molar-refractivity contribution in [1.82, 2.24) is 0 Å². The van der Waals surface area contributed by atoms with Gasteiger partial charge in [0.1, 0.15) is 6.10 Å². The molecule has 0 saturated carbocycles. The fourth-order valence-corrected chi connectivity index (χ4v) is 4.47.